The van der Waals surface area contributed by atoms with Gasteiger partial charge in [-0.1, -0.05) is 82.9 Å². The molecule has 0 aromatic heterocycles. The van der Waals surface area contributed by atoms with Crippen molar-refractivity contribution >= 4 is 29.3 Å². The van der Waals surface area contributed by atoms with Gasteiger partial charge in [-0.2, -0.15) is 0 Å². The van der Waals surface area contributed by atoms with Gasteiger partial charge in [0.05, 0.1) is 12.6 Å². The molecule has 1 aliphatic heterocycles. The van der Waals surface area contributed by atoms with Crippen LogP contribution in [0.5, 0.6) is 0 Å². The van der Waals surface area contributed by atoms with Crippen molar-refractivity contribution in [3.63, 3.8) is 0 Å². The number of amides is 1. The molecule has 0 aliphatic carbocycles. The van der Waals surface area contributed by atoms with Gasteiger partial charge in [-0.3, -0.25) is 4.90 Å². The summed E-state index contributed by atoms with van der Waals surface area (Å²) in [4.78, 5) is 16.1. The van der Waals surface area contributed by atoms with Crippen molar-refractivity contribution in [2.45, 2.75) is 19.9 Å². The molecule has 1 fully saturated rings. The summed E-state index contributed by atoms with van der Waals surface area (Å²) in [5, 5.41) is 1.37. The molecule has 0 bridgehead atoms. The van der Waals surface area contributed by atoms with Crippen molar-refractivity contribution in [2.24, 2.45) is 0 Å². The van der Waals surface area contributed by atoms with Gasteiger partial charge in [0, 0.05) is 47.4 Å². The van der Waals surface area contributed by atoms with Crippen LogP contribution in [0.25, 0.3) is 0 Å². The topological polar surface area (TPSA) is 32.8 Å². The minimum Gasteiger partial charge on any atom is -0.450 e. The van der Waals surface area contributed by atoms with E-state index in [0.717, 1.165) is 24.2 Å². The number of benzene rings is 3. The Kier molecular flexibility index (Phi) is 10.9. The van der Waals surface area contributed by atoms with Crippen molar-refractivity contribution in [3.05, 3.63) is 105 Å². The van der Waals surface area contributed by atoms with E-state index in [1.807, 2.05) is 43.3 Å². The number of carbonyl (C=O) groups is 1. The number of hydrogen-bond donors (Lipinski definition) is 0. The van der Waals surface area contributed by atoms with Crippen LogP contribution < -0.4 is 0 Å². The molecule has 0 saturated carbocycles. The summed E-state index contributed by atoms with van der Waals surface area (Å²) in [6, 6.07) is 23.2. The van der Waals surface area contributed by atoms with Gasteiger partial charge < -0.3 is 9.64 Å². The summed E-state index contributed by atoms with van der Waals surface area (Å²) in [6.07, 6.45) is 4.87. The van der Waals surface area contributed by atoms with E-state index in [9.17, 15) is 4.79 Å². The first-order chi connectivity index (χ1) is 17.9. The van der Waals surface area contributed by atoms with E-state index in [1.54, 1.807) is 17.0 Å². The Morgan fingerprint density at radius 3 is 2.14 bits per heavy atom. The van der Waals surface area contributed by atoms with Gasteiger partial charge in [-0.05, 0) is 55.8 Å². The van der Waals surface area contributed by atoms with E-state index in [1.165, 1.54) is 11.1 Å². The summed E-state index contributed by atoms with van der Waals surface area (Å²) >= 11 is 11.7. The highest BCUT2D eigenvalue weighted by atomic mass is 35.5. The number of hydrogen-bond acceptors (Lipinski definition) is 3. The Morgan fingerprint density at radius 2 is 1.57 bits per heavy atom. The first kappa shape index (κ1) is 28.2. The fraction of sp³-hybridized carbons (Fsp3) is 0.258. The molecule has 190 valence electrons. The molecule has 0 radical (unpaired) electrons. The summed E-state index contributed by atoms with van der Waals surface area (Å²) in [7, 11) is 0. The molecule has 37 heavy (non-hydrogen) atoms. The zero-order valence-electron chi connectivity index (χ0n) is 21.1. The zero-order valence-corrected chi connectivity index (χ0v) is 22.6. The van der Waals surface area contributed by atoms with Crippen molar-refractivity contribution < 1.29 is 9.53 Å². The lowest BCUT2D eigenvalue weighted by atomic mass is 10.0. The third-order valence-electron chi connectivity index (χ3n) is 5.73. The molecule has 1 atom stereocenters. The van der Waals surface area contributed by atoms with Crippen molar-refractivity contribution in [2.75, 3.05) is 32.8 Å². The van der Waals surface area contributed by atoms with E-state index in [0.29, 0.717) is 29.7 Å². The highest BCUT2D eigenvalue weighted by Crippen LogP contribution is 2.23. The van der Waals surface area contributed by atoms with Crippen LogP contribution in [0, 0.1) is 31.1 Å². The fourth-order valence-electron chi connectivity index (χ4n) is 3.90. The van der Waals surface area contributed by atoms with Crippen molar-refractivity contribution in [3.8, 4) is 24.2 Å². The van der Waals surface area contributed by atoms with E-state index in [-0.39, 0.29) is 12.1 Å². The minimum absolute atomic E-state index is 0.0387. The second-order valence-corrected chi connectivity index (χ2v) is 9.35. The molecule has 1 saturated heterocycles. The van der Waals surface area contributed by atoms with Crippen LogP contribution >= 0.6 is 23.2 Å². The lowest BCUT2D eigenvalue weighted by molar-refractivity contribution is 0.0735. The van der Waals surface area contributed by atoms with Crippen LogP contribution in [0.2, 0.25) is 10.0 Å². The highest BCUT2D eigenvalue weighted by molar-refractivity contribution is 6.30. The Hall–Kier alpha value is -3.41. The molecule has 1 amide bonds. The smallest absolute Gasteiger partial charge is 0.409 e. The zero-order chi connectivity index (χ0) is 26.6. The van der Waals surface area contributed by atoms with Gasteiger partial charge >= 0.3 is 6.09 Å². The Balaban J connectivity index is 0.000000356. The largest absolute Gasteiger partial charge is 0.450 e. The van der Waals surface area contributed by atoms with Gasteiger partial charge in [0.1, 0.15) is 0 Å². The molecule has 1 heterocycles. The Morgan fingerprint density at radius 1 is 0.946 bits per heavy atom. The molecule has 4 nitrogen and oxygen atoms in total. The average Bonchev–Trinajstić information content (AvgIpc) is 2.90. The second kappa shape index (κ2) is 14.4. The lowest BCUT2D eigenvalue weighted by Gasteiger charge is -2.37. The highest BCUT2D eigenvalue weighted by Gasteiger charge is 2.26. The quantitative estimate of drug-likeness (QED) is 0.346. The third kappa shape index (κ3) is 8.88. The van der Waals surface area contributed by atoms with Gasteiger partial charge in [0.15, 0.2) is 0 Å². The van der Waals surface area contributed by atoms with E-state index >= 15 is 0 Å². The Bertz CT molecular complexity index is 1300. The summed E-state index contributed by atoms with van der Waals surface area (Å²) in [5.74, 6) is 9.19. The predicted octanol–water partition coefficient (Wildman–Crippen LogP) is 6.84. The minimum atomic E-state index is -0.237. The monoisotopic (exact) mass is 532 g/mol. The van der Waals surface area contributed by atoms with Crippen LogP contribution in [0.15, 0.2) is 72.8 Å². The van der Waals surface area contributed by atoms with Crippen LogP contribution in [-0.4, -0.2) is 48.7 Å². The Labute approximate surface area is 230 Å². The second-order valence-electron chi connectivity index (χ2n) is 8.47. The van der Waals surface area contributed by atoms with E-state index < -0.39 is 0 Å². The first-order valence-electron chi connectivity index (χ1n) is 12.1. The summed E-state index contributed by atoms with van der Waals surface area (Å²) in [5.41, 5.74) is 4.09. The molecular weight excluding hydrogens is 503 g/mol. The van der Waals surface area contributed by atoms with Gasteiger partial charge in [-0.15, -0.1) is 6.42 Å². The van der Waals surface area contributed by atoms with Crippen LogP contribution in [-0.2, 0) is 4.74 Å². The standard InChI is InChI=1S/C23H25ClN2O2.C8H5Cl/c1-3-28-23(27)26-14-12-25(13-15-26)22(20-8-4-6-18(2)16-20)11-10-19-7-5-9-21(24)17-19;1-2-7-4-3-5-8(9)6-7/h4-9,16-17,22H,3,12-15H2,1-2H3;1,3-6H. The van der Waals surface area contributed by atoms with Gasteiger partial charge in [0.2, 0.25) is 0 Å². The maximum atomic E-state index is 12.0. The van der Waals surface area contributed by atoms with Gasteiger partial charge in [0.25, 0.3) is 0 Å². The van der Waals surface area contributed by atoms with E-state index in [4.69, 9.17) is 34.4 Å². The number of piperazine rings is 1. The average molecular weight is 533 g/mol. The summed E-state index contributed by atoms with van der Waals surface area (Å²) in [6.45, 7) is 7.09. The van der Waals surface area contributed by atoms with Crippen LogP contribution in [0.4, 0.5) is 4.79 Å². The third-order valence-corrected chi connectivity index (χ3v) is 6.20. The maximum Gasteiger partial charge on any atom is 0.409 e. The first-order valence-corrected chi connectivity index (χ1v) is 12.9. The molecule has 3 aromatic carbocycles. The van der Waals surface area contributed by atoms with Crippen LogP contribution in [0.3, 0.4) is 0 Å². The number of halogens is 2. The number of nitrogens with zero attached hydrogens (tertiary/aromatic N) is 2. The van der Waals surface area contributed by atoms with Crippen molar-refractivity contribution in [1.29, 1.82) is 0 Å². The number of terminal acetylenes is 1. The molecule has 0 N–H and O–H groups in total. The number of rotatable bonds is 3. The molecule has 1 aliphatic rings. The fourth-order valence-corrected chi connectivity index (χ4v) is 4.28. The SMILES string of the molecule is C#Cc1cccc(Cl)c1.CCOC(=O)N1CCN(C(C#Cc2cccc(Cl)c2)c2cccc(C)c2)CC1. The van der Waals surface area contributed by atoms with Crippen molar-refractivity contribution in [1.82, 2.24) is 9.80 Å². The summed E-state index contributed by atoms with van der Waals surface area (Å²) < 4.78 is 5.12. The molecule has 1 unspecified atom stereocenters. The normalized spacial score (nSPS) is 13.8. The number of carbonyl (C=O) groups excluding carboxylic acids is 1. The predicted molar refractivity (Wildman–Crippen MR) is 152 cm³/mol. The van der Waals surface area contributed by atoms with E-state index in [2.05, 4.69) is 53.9 Å². The number of aryl methyl sites for hydroxylation is 1. The molecular formula is C31H30Cl2N2O2. The molecule has 6 heteroatoms. The molecule has 3 aromatic rings. The molecule has 0 spiro atoms. The lowest BCUT2D eigenvalue weighted by Crippen LogP contribution is -2.49. The maximum absolute atomic E-state index is 12.0. The van der Waals surface area contributed by atoms with Crippen LogP contribution in [0.1, 0.15) is 35.2 Å². The number of ether oxygens (including phenoxy) is 1. The molecule has 4 rings (SSSR count). The van der Waals surface area contributed by atoms with Gasteiger partial charge in [-0.25, -0.2) is 4.79 Å².